The standard InChI is InChI=1S/C17H14N4S/c1-2-4-15-13(3-1)14(11-20-15)16(12-5-7-18-8-6-12)21-17-19-9-10-22-17/h1-11,16,20H,(H,19,21). The number of aromatic nitrogens is 3. The van der Waals surface area contributed by atoms with Crippen molar-refractivity contribution >= 4 is 27.4 Å². The van der Waals surface area contributed by atoms with Crippen LogP contribution in [-0.4, -0.2) is 15.0 Å². The molecule has 4 rings (SSSR count). The third kappa shape index (κ3) is 2.35. The minimum absolute atomic E-state index is 0.0327. The number of H-pyrrole nitrogens is 1. The normalized spacial score (nSPS) is 12.4. The van der Waals surface area contributed by atoms with E-state index in [1.54, 1.807) is 11.3 Å². The van der Waals surface area contributed by atoms with Gasteiger partial charge in [0.05, 0.1) is 6.04 Å². The summed E-state index contributed by atoms with van der Waals surface area (Å²) >= 11 is 1.60. The van der Waals surface area contributed by atoms with Gasteiger partial charge in [-0.3, -0.25) is 4.98 Å². The van der Waals surface area contributed by atoms with Crippen molar-refractivity contribution in [1.29, 1.82) is 0 Å². The van der Waals surface area contributed by atoms with Gasteiger partial charge in [0.1, 0.15) is 0 Å². The first kappa shape index (κ1) is 13.0. The lowest BCUT2D eigenvalue weighted by molar-refractivity contribution is 0.939. The maximum atomic E-state index is 4.35. The van der Waals surface area contributed by atoms with Crippen LogP contribution in [0.1, 0.15) is 17.2 Å². The highest BCUT2D eigenvalue weighted by atomic mass is 32.1. The lowest BCUT2D eigenvalue weighted by Gasteiger charge is -2.18. The minimum Gasteiger partial charge on any atom is -0.361 e. The van der Waals surface area contributed by atoms with Crippen molar-refractivity contribution in [3.8, 4) is 0 Å². The number of para-hydroxylation sites is 1. The fraction of sp³-hybridized carbons (Fsp3) is 0.0588. The zero-order chi connectivity index (χ0) is 14.8. The molecule has 1 aromatic carbocycles. The smallest absolute Gasteiger partial charge is 0.183 e. The van der Waals surface area contributed by atoms with Gasteiger partial charge in [-0.2, -0.15) is 0 Å². The molecule has 0 aliphatic carbocycles. The van der Waals surface area contributed by atoms with Crippen molar-refractivity contribution in [2.45, 2.75) is 6.04 Å². The van der Waals surface area contributed by atoms with Crippen LogP contribution in [-0.2, 0) is 0 Å². The molecule has 0 aliphatic heterocycles. The summed E-state index contributed by atoms with van der Waals surface area (Å²) in [4.78, 5) is 11.8. The molecule has 0 fully saturated rings. The van der Waals surface area contributed by atoms with Crippen LogP contribution in [0, 0.1) is 0 Å². The molecule has 4 nitrogen and oxygen atoms in total. The number of anilines is 1. The van der Waals surface area contributed by atoms with Crippen LogP contribution in [0.25, 0.3) is 10.9 Å². The highest BCUT2D eigenvalue weighted by molar-refractivity contribution is 7.13. The summed E-state index contributed by atoms with van der Waals surface area (Å²) in [7, 11) is 0. The van der Waals surface area contributed by atoms with Crippen molar-refractivity contribution in [2.24, 2.45) is 0 Å². The van der Waals surface area contributed by atoms with Crippen LogP contribution in [0.2, 0.25) is 0 Å². The molecule has 1 unspecified atom stereocenters. The first-order chi connectivity index (χ1) is 10.9. The molecule has 3 aromatic heterocycles. The van der Waals surface area contributed by atoms with E-state index in [1.165, 1.54) is 10.9 Å². The molecule has 108 valence electrons. The first-order valence-electron chi connectivity index (χ1n) is 7.04. The van der Waals surface area contributed by atoms with E-state index in [0.717, 1.165) is 16.2 Å². The van der Waals surface area contributed by atoms with Crippen LogP contribution in [0.15, 0.2) is 66.6 Å². The highest BCUT2D eigenvalue weighted by Gasteiger charge is 2.18. The van der Waals surface area contributed by atoms with Crippen LogP contribution >= 0.6 is 11.3 Å². The number of nitrogens with zero attached hydrogens (tertiary/aromatic N) is 2. The second-order valence-electron chi connectivity index (χ2n) is 4.98. The number of pyridine rings is 1. The van der Waals surface area contributed by atoms with E-state index in [9.17, 15) is 0 Å². The average Bonchev–Trinajstić information content (AvgIpc) is 3.23. The van der Waals surface area contributed by atoms with Gasteiger partial charge in [0.25, 0.3) is 0 Å². The Balaban J connectivity index is 1.83. The molecular weight excluding hydrogens is 292 g/mol. The zero-order valence-electron chi connectivity index (χ0n) is 11.7. The van der Waals surface area contributed by atoms with E-state index < -0.39 is 0 Å². The van der Waals surface area contributed by atoms with Gasteiger partial charge >= 0.3 is 0 Å². The Morgan fingerprint density at radius 1 is 1.05 bits per heavy atom. The largest absolute Gasteiger partial charge is 0.361 e. The molecule has 2 N–H and O–H groups in total. The molecule has 0 aliphatic rings. The maximum Gasteiger partial charge on any atom is 0.183 e. The Labute approximate surface area is 131 Å². The summed E-state index contributed by atoms with van der Waals surface area (Å²) in [5.41, 5.74) is 3.50. The number of nitrogens with one attached hydrogen (secondary N) is 2. The van der Waals surface area contributed by atoms with E-state index in [4.69, 9.17) is 0 Å². The number of hydrogen-bond donors (Lipinski definition) is 2. The van der Waals surface area contributed by atoms with Crippen molar-refractivity contribution < 1.29 is 0 Å². The Hall–Kier alpha value is -2.66. The summed E-state index contributed by atoms with van der Waals surface area (Å²) in [6.07, 6.45) is 7.52. The quantitative estimate of drug-likeness (QED) is 0.593. The third-order valence-electron chi connectivity index (χ3n) is 3.67. The topological polar surface area (TPSA) is 53.6 Å². The van der Waals surface area contributed by atoms with Crippen LogP contribution in [0.3, 0.4) is 0 Å². The molecule has 3 heterocycles. The van der Waals surface area contributed by atoms with Gasteiger partial charge in [0.2, 0.25) is 0 Å². The summed E-state index contributed by atoms with van der Waals surface area (Å²) in [5.74, 6) is 0. The summed E-state index contributed by atoms with van der Waals surface area (Å²) < 4.78 is 0. The molecule has 0 saturated carbocycles. The van der Waals surface area contributed by atoms with Crippen molar-refractivity contribution in [3.63, 3.8) is 0 Å². The SMILES string of the molecule is c1ccc2c(C(Nc3nccs3)c3ccncc3)c[nH]c2c1. The summed E-state index contributed by atoms with van der Waals surface area (Å²) in [6.45, 7) is 0. The number of rotatable bonds is 4. The molecule has 22 heavy (non-hydrogen) atoms. The predicted molar refractivity (Wildman–Crippen MR) is 90.1 cm³/mol. The van der Waals surface area contributed by atoms with Crippen LogP contribution in [0.4, 0.5) is 5.13 Å². The van der Waals surface area contributed by atoms with E-state index in [-0.39, 0.29) is 6.04 Å². The lowest BCUT2D eigenvalue weighted by Crippen LogP contribution is -2.11. The van der Waals surface area contributed by atoms with Gasteiger partial charge in [-0.25, -0.2) is 4.98 Å². The number of hydrogen-bond acceptors (Lipinski definition) is 4. The van der Waals surface area contributed by atoms with Gasteiger partial charge in [-0.1, -0.05) is 18.2 Å². The fourth-order valence-electron chi connectivity index (χ4n) is 2.65. The second-order valence-corrected chi connectivity index (χ2v) is 5.88. The molecule has 1 atom stereocenters. The van der Waals surface area contributed by atoms with Gasteiger partial charge in [0.15, 0.2) is 5.13 Å². The molecular formula is C17H14N4S. The lowest BCUT2D eigenvalue weighted by atomic mass is 9.99. The number of thiazole rings is 1. The molecule has 0 saturated heterocycles. The Kier molecular flexibility index (Phi) is 3.33. The molecule has 5 heteroatoms. The van der Waals surface area contributed by atoms with Crippen molar-refractivity contribution in [1.82, 2.24) is 15.0 Å². The van der Waals surface area contributed by atoms with Crippen LogP contribution in [0.5, 0.6) is 0 Å². The Morgan fingerprint density at radius 3 is 2.73 bits per heavy atom. The van der Waals surface area contributed by atoms with Crippen molar-refractivity contribution in [3.05, 3.63) is 77.7 Å². The predicted octanol–water partition coefficient (Wildman–Crippen LogP) is 4.22. The van der Waals surface area contributed by atoms with Gasteiger partial charge < -0.3 is 10.3 Å². The summed E-state index contributed by atoms with van der Waals surface area (Å²) in [6, 6.07) is 12.4. The monoisotopic (exact) mass is 306 g/mol. The fourth-order valence-corrected chi connectivity index (χ4v) is 3.21. The molecule has 0 bridgehead atoms. The van der Waals surface area contributed by atoms with Crippen molar-refractivity contribution in [2.75, 3.05) is 5.32 Å². The van der Waals surface area contributed by atoms with Gasteiger partial charge in [-0.15, -0.1) is 11.3 Å². The van der Waals surface area contributed by atoms with Crippen LogP contribution < -0.4 is 5.32 Å². The van der Waals surface area contributed by atoms with E-state index >= 15 is 0 Å². The molecule has 0 amide bonds. The third-order valence-corrected chi connectivity index (χ3v) is 4.38. The molecule has 4 aromatic rings. The average molecular weight is 306 g/mol. The molecule has 0 radical (unpaired) electrons. The zero-order valence-corrected chi connectivity index (χ0v) is 12.5. The number of aromatic amines is 1. The maximum absolute atomic E-state index is 4.35. The van der Waals surface area contributed by atoms with E-state index in [2.05, 4.69) is 44.7 Å². The summed E-state index contributed by atoms with van der Waals surface area (Å²) in [5, 5.41) is 7.63. The minimum atomic E-state index is 0.0327. The second kappa shape index (κ2) is 5.61. The molecule has 0 spiro atoms. The van der Waals surface area contributed by atoms with Gasteiger partial charge in [-0.05, 0) is 23.8 Å². The van der Waals surface area contributed by atoms with E-state index in [1.807, 2.05) is 42.2 Å². The number of benzene rings is 1. The van der Waals surface area contributed by atoms with E-state index in [0.29, 0.717) is 0 Å². The Bertz CT molecular complexity index is 868. The highest BCUT2D eigenvalue weighted by Crippen LogP contribution is 2.32. The number of fused-ring (bicyclic) bond motifs is 1. The Morgan fingerprint density at radius 2 is 1.91 bits per heavy atom. The van der Waals surface area contributed by atoms with Gasteiger partial charge in [0, 0.05) is 46.6 Å². The first-order valence-corrected chi connectivity index (χ1v) is 7.92.